The van der Waals surface area contributed by atoms with E-state index >= 15 is 0 Å². The van der Waals surface area contributed by atoms with Crippen molar-refractivity contribution in [3.05, 3.63) is 47.5 Å². The smallest absolute Gasteiger partial charge is 0.272 e. The second kappa shape index (κ2) is 6.53. The largest absolute Gasteiger partial charge is 0.333 e. The van der Waals surface area contributed by atoms with Crippen LogP contribution in [-0.2, 0) is 10.0 Å². The first-order chi connectivity index (χ1) is 12.4. The molecule has 3 N–H and O–H groups in total. The van der Waals surface area contributed by atoms with E-state index < -0.39 is 10.0 Å². The fourth-order valence-corrected chi connectivity index (χ4v) is 4.92. The van der Waals surface area contributed by atoms with Gasteiger partial charge < -0.3 is 9.88 Å². The van der Waals surface area contributed by atoms with Gasteiger partial charge in [-0.1, -0.05) is 12.8 Å². The summed E-state index contributed by atoms with van der Waals surface area (Å²) in [5.41, 5.74) is 2.29. The van der Waals surface area contributed by atoms with Crippen molar-refractivity contribution in [2.75, 3.05) is 5.32 Å². The monoisotopic (exact) mass is 389 g/mol. The Balaban J connectivity index is 1.64. The Morgan fingerprint density at radius 3 is 2.50 bits per heavy atom. The number of anilines is 1. The molecule has 8 heteroatoms. The number of fused-ring (bicyclic) bond motifs is 1. The number of amides is 1. The third-order valence-electron chi connectivity index (χ3n) is 4.82. The van der Waals surface area contributed by atoms with Crippen LogP contribution < -0.4 is 10.5 Å². The number of benzene rings is 1. The number of nitrogens with zero attached hydrogens (tertiary/aromatic N) is 1. The Kier molecular flexibility index (Phi) is 4.34. The molecule has 2 heterocycles. The lowest BCUT2D eigenvalue weighted by molar-refractivity contribution is 0.101. The van der Waals surface area contributed by atoms with E-state index in [9.17, 15) is 13.2 Å². The number of sulfonamides is 1. The summed E-state index contributed by atoms with van der Waals surface area (Å²) >= 11 is 1.63. The van der Waals surface area contributed by atoms with Crippen LogP contribution in [0.5, 0.6) is 0 Å². The molecule has 4 rings (SSSR count). The van der Waals surface area contributed by atoms with E-state index in [1.165, 1.54) is 25.0 Å². The number of nitrogens with one attached hydrogen (secondary N) is 1. The van der Waals surface area contributed by atoms with Gasteiger partial charge in [0.25, 0.3) is 5.91 Å². The minimum atomic E-state index is -3.74. The van der Waals surface area contributed by atoms with Crippen molar-refractivity contribution in [1.82, 2.24) is 4.57 Å². The lowest BCUT2D eigenvalue weighted by atomic mass is 10.2. The van der Waals surface area contributed by atoms with Crippen molar-refractivity contribution < 1.29 is 13.2 Å². The van der Waals surface area contributed by atoms with Crippen LogP contribution in [0.3, 0.4) is 0 Å². The lowest BCUT2D eigenvalue weighted by Crippen LogP contribution is -2.19. The van der Waals surface area contributed by atoms with E-state index in [4.69, 9.17) is 5.14 Å². The van der Waals surface area contributed by atoms with Gasteiger partial charge in [0.05, 0.1) is 15.1 Å². The van der Waals surface area contributed by atoms with Crippen molar-refractivity contribution in [2.24, 2.45) is 5.14 Å². The Hall–Kier alpha value is -2.16. The minimum Gasteiger partial charge on any atom is -0.333 e. The molecule has 26 heavy (non-hydrogen) atoms. The lowest BCUT2D eigenvalue weighted by Gasteiger charge is -2.17. The van der Waals surface area contributed by atoms with Gasteiger partial charge in [-0.15, -0.1) is 11.3 Å². The van der Waals surface area contributed by atoms with Gasteiger partial charge in [0.2, 0.25) is 10.0 Å². The van der Waals surface area contributed by atoms with Crippen LogP contribution in [0, 0.1) is 0 Å². The Bertz CT molecular complexity index is 1060. The highest BCUT2D eigenvalue weighted by Crippen LogP contribution is 2.36. The van der Waals surface area contributed by atoms with Crippen LogP contribution in [0.2, 0.25) is 0 Å². The summed E-state index contributed by atoms with van der Waals surface area (Å²) in [5.74, 6) is -0.191. The first-order valence-corrected chi connectivity index (χ1v) is 10.9. The highest BCUT2D eigenvalue weighted by atomic mass is 32.2. The number of rotatable bonds is 4. The Morgan fingerprint density at radius 1 is 1.15 bits per heavy atom. The van der Waals surface area contributed by atoms with Crippen molar-refractivity contribution in [3.63, 3.8) is 0 Å². The predicted octanol–water partition coefficient (Wildman–Crippen LogP) is 3.72. The number of primary sulfonamides is 1. The zero-order valence-corrected chi connectivity index (χ0v) is 15.6. The standard InChI is InChI=1S/C18H19N3O3S2/c19-26(23,24)14-7-5-12(6-8-14)20-18(22)16-11-17-15(9-10-25-17)21(16)13-3-1-2-4-13/h5-11,13H,1-4H2,(H,20,22)(H2,19,23,24). The van der Waals surface area contributed by atoms with E-state index in [-0.39, 0.29) is 10.8 Å². The minimum absolute atomic E-state index is 0.0188. The maximum Gasteiger partial charge on any atom is 0.272 e. The molecule has 1 fully saturated rings. The second-order valence-corrected chi connectivity index (χ2v) is 9.04. The molecule has 0 atom stereocenters. The zero-order chi connectivity index (χ0) is 18.3. The molecule has 136 valence electrons. The molecule has 0 aliphatic heterocycles. The number of carbonyl (C=O) groups is 1. The fraction of sp³-hybridized carbons (Fsp3) is 0.278. The zero-order valence-electron chi connectivity index (χ0n) is 14.0. The Labute approximate surface area is 155 Å². The summed E-state index contributed by atoms with van der Waals surface area (Å²) in [6.07, 6.45) is 4.54. The average Bonchev–Trinajstić information content (AvgIpc) is 3.31. The van der Waals surface area contributed by atoms with Crippen molar-refractivity contribution in [1.29, 1.82) is 0 Å². The van der Waals surface area contributed by atoms with Crippen LogP contribution in [-0.4, -0.2) is 18.9 Å². The van der Waals surface area contributed by atoms with Gasteiger partial charge in [0.15, 0.2) is 0 Å². The number of nitrogens with two attached hydrogens (primary N) is 1. The number of aromatic nitrogens is 1. The van der Waals surface area contributed by atoms with E-state index in [1.807, 2.05) is 11.4 Å². The summed E-state index contributed by atoms with van der Waals surface area (Å²) in [4.78, 5) is 12.9. The van der Waals surface area contributed by atoms with Gasteiger partial charge in [-0.3, -0.25) is 4.79 Å². The molecule has 2 aromatic heterocycles. The second-order valence-electron chi connectivity index (χ2n) is 6.53. The summed E-state index contributed by atoms with van der Waals surface area (Å²) in [5, 5.41) is 10.0. The molecule has 0 spiro atoms. The van der Waals surface area contributed by atoms with Gasteiger partial charge in [0.1, 0.15) is 5.69 Å². The molecule has 1 aromatic carbocycles. The number of hydrogen-bond acceptors (Lipinski definition) is 4. The number of carbonyl (C=O) groups excluding carboxylic acids is 1. The van der Waals surface area contributed by atoms with Gasteiger partial charge in [-0.05, 0) is 54.6 Å². The third-order valence-corrected chi connectivity index (χ3v) is 6.61. The third kappa shape index (κ3) is 3.15. The van der Waals surface area contributed by atoms with E-state index in [1.54, 1.807) is 23.5 Å². The van der Waals surface area contributed by atoms with Crippen LogP contribution in [0.1, 0.15) is 42.2 Å². The molecule has 1 saturated carbocycles. The van der Waals surface area contributed by atoms with E-state index in [0.29, 0.717) is 17.4 Å². The van der Waals surface area contributed by atoms with Crippen molar-refractivity contribution >= 4 is 43.2 Å². The van der Waals surface area contributed by atoms with Crippen LogP contribution in [0.15, 0.2) is 46.7 Å². The van der Waals surface area contributed by atoms with E-state index in [2.05, 4.69) is 16.0 Å². The molecule has 0 bridgehead atoms. The highest BCUT2D eigenvalue weighted by molar-refractivity contribution is 7.89. The Morgan fingerprint density at radius 2 is 1.85 bits per heavy atom. The normalized spacial score (nSPS) is 15.6. The fourth-order valence-electron chi connectivity index (χ4n) is 3.60. The summed E-state index contributed by atoms with van der Waals surface area (Å²) < 4.78 is 25.9. The summed E-state index contributed by atoms with van der Waals surface area (Å²) in [7, 11) is -3.74. The first kappa shape index (κ1) is 17.3. The van der Waals surface area contributed by atoms with Gasteiger partial charge in [-0.25, -0.2) is 13.6 Å². The quantitative estimate of drug-likeness (QED) is 0.712. The highest BCUT2D eigenvalue weighted by Gasteiger charge is 2.25. The van der Waals surface area contributed by atoms with Crippen LogP contribution in [0.4, 0.5) is 5.69 Å². The molecule has 0 unspecified atom stereocenters. The molecular weight excluding hydrogens is 370 g/mol. The molecule has 3 aromatic rings. The molecule has 1 aliphatic rings. The van der Waals surface area contributed by atoms with Crippen molar-refractivity contribution in [2.45, 2.75) is 36.6 Å². The predicted molar refractivity (Wildman–Crippen MR) is 103 cm³/mol. The van der Waals surface area contributed by atoms with Crippen molar-refractivity contribution in [3.8, 4) is 0 Å². The first-order valence-electron chi connectivity index (χ1n) is 8.46. The molecular formula is C18H19N3O3S2. The van der Waals surface area contributed by atoms with Crippen LogP contribution in [0.25, 0.3) is 10.2 Å². The number of hydrogen-bond donors (Lipinski definition) is 2. The van der Waals surface area contributed by atoms with Gasteiger partial charge >= 0.3 is 0 Å². The topological polar surface area (TPSA) is 94.2 Å². The summed E-state index contributed by atoms with van der Waals surface area (Å²) in [6, 6.07) is 10.2. The maximum absolute atomic E-state index is 12.9. The number of thiophene rings is 1. The SMILES string of the molecule is NS(=O)(=O)c1ccc(NC(=O)c2cc3sccc3n2C2CCCC2)cc1. The molecule has 1 aliphatic carbocycles. The molecule has 0 radical (unpaired) electrons. The molecule has 0 saturated heterocycles. The molecule has 6 nitrogen and oxygen atoms in total. The van der Waals surface area contributed by atoms with Gasteiger partial charge in [-0.2, -0.15) is 0 Å². The van der Waals surface area contributed by atoms with Gasteiger partial charge in [0, 0.05) is 11.7 Å². The van der Waals surface area contributed by atoms with E-state index in [0.717, 1.165) is 23.1 Å². The average molecular weight is 390 g/mol. The molecule has 1 amide bonds. The van der Waals surface area contributed by atoms with Crippen LogP contribution >= 0.6 is 11.3 Å². The summed E-state index contributed by atoms with van der Waals surface area (Å²) in [6.45, 7) is 0. The maximum atomic E-state index is 12.9.